The second-order valence-corrected chi connectivity index (χ2v) is 8.05. The standard InChI is InChI=1S/C19H27N5O2S/c1-12-7-6-9-15(13(12)2)21-17(25)11-27-19-23-22-18(24(19)20)14-8-4-5-10-16(14)26-3/h4-5,8,10,12-13,15H,6-7,9,11,20H2,1-3H3,(H,21,25)/t12-,13+,15-/m1/s1. The fourth-order valence-corrected chi connectivity index (χ4v) is 4.22. The molecule has 1 aromatic carbocycles. The molecule has 3 atom stereocenters. The van der Waals surface area contributed by atoms with E-state index in [9.17, 15) is 4.79 Å². The van der Waals surface area contributed by atoms with E-state index in [0.717, 1.165) is 12.0 Å². The molecule has 8 heteroatoms. The zero-order valence-electron chi connectivity index (χ0n) is 16.0. The summed E-state index contributed by atoms with van der Waals surface area (Å²) < 4.78 is 6.76. The van der Waals surface area contributed by atoms with Gasteiger partial charge in [0.15, 0.2) is 5.82 Å². The van der Waals surface area contributed by atoms with Crippen LogP contribution < -0.4 is 15.9 Å². The highest BCUT2D eigenvalue weighted by Gasteiger charge is 2.28. The van der Waals surface area contributed by atoms with Crippen LogP contribution in [0.25, 0.3) is 11.4 Å². The van der Waals surface area contributed by atoms with Gasteiger partial charge in [0.05, 0.1) is 18.4 Å². The van der Waals surface area contributed by atoms with Gasteiger partial charge >= 0.3 is 0 Å². The van der Waals surface area contributed by atoms with Gasteiger partial charge < -0.3 is 15.9 Å². The molecular weight excluding hydrogens is 362 g/mol. The van der Waals surface area contributed by atoms with E-state index < -0.39 is 0 Å². The molecule has 3 N–H and O–H groups in total. The molecule has 0 radical (unpaired) electrons. The van der Waals surface area contributed by atoms with E-state index in [4.69, 9.17) is 10.6 Å². The molecule has 7 nitrogen and oxygen atoms in total. The maximum atomic E-state index is 12.4. The summed E-state index contributed by atoms with van der Waals surface area (Å²) in [6.45, 7) is 4.48. The Kier molecular flexibility index (Phi) is 6.26. The Morgan fingerprint density at radius 1 is 1.33 bits per heavy atom. The summed E-state index contributed by atoms with van der Waals surface area (Å²) in [7, 11) is 1.60. The first kappa shape index (κ1) is 19.5. The molecule has 0 aliphatic heterocycles. The monoisotopic (exact) mass is 389 g/mol. The Balaban J connectivity index is 1.62. The predicted octanol–water partition coefficient (Wildman–Crippen LogP) is 2.70. The van der Waals surface area contributed by atoms with E-state index in [-0.39, 0.29) is 17.7 Å². The number of nitrogens with two attached hydrogens (primary N) is 1. The molecule has 0 bridgehead atoms. The highest BCUT2D eigenvalue weighted by Crippen LogP contribution is 2.30. The molecule has 27 heavy (non-hydrogen) atoms. The SMILES string of the molecule is COc1ccccc1-c1nnc(SCC(=O)N[C@@H]2CCC[C@@H](C)[C@@H]2C)n1N. The molecule has 1 aliphatic rings. The van der Waals surface area contributed by atoms with Crippen LogP contribution in [0.4, 0.5) is 0 Å². The third-order valence-electron chi connectivity index (χ3n) is 5.40. The number of carbonyl (C=O) groups excluding carboxylic acids is 1. The number of hydrogen-bond donors (Lipinski definition) is 2. The van der Waals surface area contributed by atoms with Crippen LogP contribution in [0.2, 0.25) is 0 Å². The van der Waals surface area contributed by atoms with Gasteiger partial charge in [0.2, 0.25) is 11.1 Å². The van der Waals surface area contributed by atoms with Gasteiger partial charge in [-0.1, -0.05) is 50.6 Å². The average Bonchev–Trinajstić information content (AvgIpc) is 3.04. The minimum absolute atomic E-state index is 0.00721. The van der Waals surface area contributed by atoms with Crippen molar-refractivity contribution in [3.8, 4) is 17.1 Å². The summed E-state index contributed by atoms with van der Waals surface area (Å²) in [5.41, 5.74) is 0.760. The van der Waals surface area contributed by atoms with Crippen molar-refractivity contribution in [3.05, 3.63) is 24.3 Å². The van der Waals surface area contributed by atoms with Gasteiger partial charge in [0.25, 0.3) is 0 Å². The molecule has 1 fully saturated rings. The van der Waals surface area contributed by atoms with Crippen LogP contribution in [0.3, 0.4) is 0 Å². The average molecular weight is 390 g/mol. The quantitative estimate of drug-likeness (QED) is 0.583. The van der Waals surface area contributed by atoms with E-state index in [1.165, 1.54) is 29.3 Å². The summed E-state index contributed by atoms with van der Waals surface area (Å²) in [5.74, 6) is 8.75. The molecule has 1 aromatic heterocycles. The third-order valence-corrected chi connectivity index (χ3v) is 6.34. The number of thioether (sulfide) groups is 1. The first-order valence-corrected chi connectivity index (χ1v) is 10.3. The highest BCUT2D eigenvalue weighted by atomic mass is 32.2. The molecule has 146 valence electrons. The number of benzene rings is 1. The number of aromatic nitrogens is 3. The number of rotatable bonds is 6. The van der Waals surface area contributed by atoms with E-state index in [2.05, 4.69) is 29.4 Å². The van der Waals surface area contributed by atoms with E-state index in [1.807, 2.05) is 24.3 Å². The molecule has 1 saturated carbocycles. The largest absolute Gasteiger partial charge is 0.496 e. The molecule has 3 rings (SSSR count). The van der Waals surface area contributed by atoms with Crippen molar-refractivity contribution in [2.24, 2.45) is 11.8 Å². The first-order valence-electron chi connectivity index (χ1n) is 9.27. The van der Waals surface area contributed by atoms with Gasteiger partial charge in [-0.3, -0.25) is 4.79 Å². The molecule has 1 heterocycles. The van der Waals surface area contributed by atoms with E-state index in [1.54, 1.807) is 7.11 Å². The lowest BCUT2D eigenvalue weighted by atomic mass is 9.78. The Morgan fingerprint density at radius 3 is 2.89 bits per heavy atom. The number of nitrogens with zero attached hydrogens (tertiary/aromatic N) is 3. The number of para-hydroxylation sites is 1. The smallest absolute Gasteiger partial charge is 0.230 e. The number of methoxy groups -OCH3 is 1. The minimum atomic E-state index is 0.00721. The summed E-state index contributed by atoms with van der Waals surface area (Å²) in [5, 5.41) is 12.0. The van der Waals surface area contributed by atoms with Crippen molar-refractivity contribution in [1.82, 2.24) is 20.2 Å². The Morgan fingerprint density at radius 2 is 2.11 bits per heavy atom. The first-order chi connectivity index (χ1) is 13.0. The number of ether oxygens (including phenoxy) is 1. The number of hydrogen-bond acceptors (Lipinski definition) is 6. The Labute approximate surface area is 164 Å². The summed E-state index contributed by atoms with van der Waals surface area (Å²) >= 11 is 1.29. The van der Waals surface area contributed by atoms with Crippen LogP contribution in [0.15, 0.2) is 29.4 Å². The topological polar surface area (TPSA) is 95.1 Å². The Bertz CT molecular complexity index is 794. The van der Waals surface area contributed by atoms with Crippen LogP contribution in [-0.4, -0.2) is 39.7 Å². The maximum absolute atomic E-state index is 12.4. The number of amides is 1. The van der Waals surface area contributed by atoms with Gasteiger partial charge in [0.1, 0.15) is 5.75 Å². The summed E-state index contributed by atoms with van der Waals surface area (Å²) in [6, 6.07) is 7.74. The Hall–Kier alpha value is -2.22. The molecule has 1 aliphatic carbocycles. The van der Waals surface area contributed by atoms with Gasteiger partial charge in [-0.15, -0.1) is 10.2 Å². The van der Waals surface area contributed by atoms with E-state index in [0.29, 0.717) is 28.6 Å². The van der Waals surface area contributed by atoms with Gasteiger partial charge in [-0.25, -0.2) is 4.68 Å². The van der Waals surface area contributed by atoms with Crippen LogP contribution >= 0.6 is 11.8 Å². The van der Waals surface area contributed by atoms with Crippen molar-refractivity contribution in [2.45, 2.75) is 44.3 Å². The second-order valence-electron chi connectivity index (χ2n) is 7.11. The summed E-state index contributed by atoms with van der Waals surface area (Å²) in [6.07, 6.45) is 3.46. The lowest BCUT2D eigenvalue weighted by Crippen LogP contribution is -2.44. The van der Waals surface area contributed by atoms with Crippen molar-refractivity contribution < 1.29 is 9.53 Å². The molecule has 0 unspecified atom stereocenters. The lowest BCUT2D eigenvalue weighted by Gasteiger charge is -2.34. The van der Waals surface area contributed by atoms with Crippen molar-refractivity contribution in [2.75, 3.05) is 18.7 Å². The highest BCUT2D eigenvalue weighted by molar-refractivity contribution is 7.99. The van der Waals surface area contributed by atoms with Gasteiger partial charge in [-0.2, -0.15) is 0 Å². The number of nitrogen functional groups attached to an aromatic ring is 1. The van der Waals surface area contributed by atoms with Crippen molar-refractivity contribution in [1.29, 1.82) is 0 Å². The van der Waals surface area contributed by atoms with Crippen LogP contribution in [0, 0.1) is 11.8 Å². The van der Waals surface area contributed by atoms with Crippen molar-refractivity contribution in [3.63, 3.8) is 0 Å². The third kappa shape index (κ3) is 4.37. The van der Waals surface area contributed by atoms with Crippen molar-refractivity contribution >= 4 is 17.7 Å². The van der Waals surface area contributed by atoms with Crippen LogP contribution in [0.1, 0.15) is 33.1 Å². The molecule has 2 aromatic rings. The molecular formula is C19H27N5O2S. The zero-order chi connectivity index (χ0) is 19.4. The van der Waals surface area contributed by atoms with Crippen LogP contribution in [-0.2, 0) is 4.79 Å². The summed E-state index contributed by atoms with van der Waals surface area (Å²) in [4.78, 5) is 12.4. The van der Waals surface area contributed by atoms with E-state index >= 15 is 0 Å². The van der Waals surface area contributed by atoms with Crippen LogP contribution in [0.5, 0.6) is 5.75 Å². The number of carbonyl (C=O) groups is 1. The van der Waals surface area contributed by atoms with Gasteiger partial charge in [0, 0.05) is 6.04 Å². The number of nitrogens with one attached hydrogen (secondary N) is 1. The maximum Gasteiger partial charge on any atom is 0.230 e. The fourth-order valence-electron chi connectivity index (χ4n) is 3.55. The van der Waals surface area contributed by atoms with Gasteiger partial charge in [-0.05, 0) is 30.4 Å². The minimum Gasteiger partial charge on any atom is -0.496 e. The normalized spacial score (nSPS) is 22.4. The second kappa shape index (κ2) is 8.65. The molecule has 0 spiro atoms. The zero-order valence-corrected chi connectivity index (χ0v) is 16.8. The predicted molar refractivity (Wildman–Crippen MR) is 107 cm³/mol. The fraction of sp³-hybridized carbons (Fsp3) is 0.526. The molecule has 0 saturated heterocycles. The lowest BCUT2D eigenvalue weighted by molar-refractivity contribution is -0.120. The molecule has 1 amide bonds.